The van der Waals surface area contributed by atoms with Gasteiger partial charge in [0.2, 0.25) is 0 Å². The van der Waals surface area contributed by atoms with Crippen LogP contribution < -0.4 is 5.32 Å². The molecule has 3 heteroatoms. The van der Waals surface area contributed by atoms with Crippen molar-refractivity contribution in [2.24, 2.45) is 0 Å². The van der Waals surface area contributed by atoms with Crippen LogP contribution in [0.5, 0.6) is 0 Å². The second-order valence-electron chi connectivity index (χ2n) is 5.17. The minimum Gasteiger partial charge on any atom is -0.384 e. The summed E-state index contributed by atoms with van der Waals surface area (Å²) in [5.74, 6) is -0.179. The molecule has 0 bridgehead atoms. The summed E-state index contributed by atoms with van der Waals surface area (Å²) in [6.07, 6.45) is 5.37. The van der Waals surface area contributed by atoms with Gasteiger partial charge in [0.25, 0.3) is 0 Å². The predicted octanol–water partition coefficient (Wildman–Crippen LogP) is 3.50. The summed E-state index contributed by atoms with van der Waals surface area (Å²) in [4.78, 5) is 2.56. The van der Waals surface area contributed by atoms with Crippen LogP contribution in [0, 0.1) is 5.82 Å². The molecule has 0 aromatic heterocycles. The molecule has 1 aliphatic rings. The standard InChI is InChI=1S/C15H23FN2/c1-13-5-3-2-4-11-18(13)12-10-17-15-8-6-14(16)7-9-15/h6-9,13,17H,2-5,10-12H2,1H3. The molecule has 1 aromatic rings. The van der Waals surface area contributed by atoms with Gasteiger partial charge in [0.05, 0.1) is 0 Å². The van der Waals surface area contributed by atoms with Crippen molar-refractivity contribution in [2.45, 2.75) is 38.6 Å². The number of benzene rings is 1. The summed E-state index contributed by atoms with van der Waals surface area (Å²) in [6, 6.07) is 7.28. The molecule has 0 radical (unpaired) electrons. The fraction of sp³-hybridized carbons (Fsp3) is 0.600. The third-order valence-corrected chi connectivity index (χ3v) is 3.76. The monoisotopic (exact) mass is 250 g/mol. The van der Waals surface area contributed by atoms with E-state index in [-0.39, 0.29) is 5.82 Å². The first-order valence-corrected chi connectivity index (χ1v) is 6.99. The van der Waals surface area contributed by atoms with E-state index in [1.807, 2.05) is 0 Å². The molecule has 2 nitrogen and oxygen atoms in total. The largest absolute Gasteiger partial charge is 0.384 e. The Morgan fingerprint density at radius 3 is 2.78 bits per heavy atom. The Balaban J connectivity index is 1.75. The summed E-state index contributed by atoms with van der Waals surface area (Å²) < 4.78 is 12.8. The van der Waals surface area contributed by atoms with Crippen LogP contribution in [0.4, 0.5) is 10.1 Å². The van der Waals surface area contributed by atoms with Crippen molar-refractivity contribution in [1.82, 2.24) is 4.90 Å². The number of hydrogen-bond donors (Lipinski definition) is 1. The minimum atomic E-state index is -0.179. The molecule has 100 valence electrons. The van der Waals surface area contributed by atoms with Gasteiger partial charge in [0, 0.05) is 24.8 Å². The van der Waals surface area contributed by atoms with E-state index < -0.39 is 0 Å². The number of nitrogens with one attached hydrogen (secondary N) is 1. The lowest BCUT2D eigenvalue weighted by atomic mass is 10.1. The maximum Gasteiger partial charge on any atom is 0.123 e. The molecule has 0 saturated carbocycles. The van der Waals surface area contributed by atoms with Gasteiger partial charge in [-0.05, 0) is 50.6 Å². The van der Waals surface area contributed by atoms with Gasteiger partial charge in [-0.1, -0.05) is 12.8 Å². The summed E-state index contributed by atoms with van der Waals surface area (Å²) in [5.41, 5.74) is 0.999. The second kappa shape index (κ2) is 6.74. The molecule has 1 atom stereocenters. The fourth-order valence-corrected chi connectivity index (χ4v) is 2.58. The SMILES string of the molecule is CC1CCCCCN1CCNc1ccc(F)cc1. The smallest absolute Gasteiger partial charge is 0.123 e. The van der Waals surface area contributed by atoms with Gasteiger partial charge in [-0.25, -0.2) is 4.39 Å². The zero-order valence-corrected chi connectivity index (χ0v) is 11.2. The second-order valence-corrected chi connectivity index (χ2v) is 5.17. The molecule has 1 saturated heterocycles. The molecular weight excluding hydrogens is 227 g/mol. The van der Waals surface area contributed by atoms with Gasteiger partial charge in [0.1, 0.15) is 5.82 Å². The highest BCUT2D eigenvalue weighted by molar-refractivity contribution is 5.42. The van der Waals surface area contributed by atoms with Crippen LogP contribution in [0.3, 0.4) is 0 Å². The molecule has 18 heavy (non-hydrogen) atoms. The molecule has 1 aromatic carbocycles. The predicted molar refractivity (Wildman–Crippen MR) is 74.4 cm³/mol. The van der Waals surface area contributed by atoms with E-state index in [0.29, 0.717) is 6.04 Å². The zero-order valence-electron chi connectivity index (χ0n) is 11.2. The molecule has 0 spiro atoms. The van der Waals surface area contributed by atoms with Crippen molar-refractivity contribution in [2.75, 3.05) is 25.0 Å². The van der Waals surface area contributed by atoms with Crippen molar-refractivity contribution in [3.63, 3.8) is 0 Å². The number of rotatable bonds is 4. The number of nitrogens with zero attached hydrogens (tertiary/aromatic N) is 1. The van der Waals surface area contributed by atoms with Crippen molar-refractivity contribution in [3.05, 3.63) is 30.1 Å². The number of likely N-dealkylation sites (tertiary alicyclic amines) is 1. The average Bonchev–Trinajstić information content (AvgIpc) is 2.57. The third-order valence-electron chi connectivity index (χ3n) is 3.76. The van der Waals surface area contributed by atoms with E-state index in [2.05, 4.69) is 17.1 Å². The normalized spacial score (nSPS) is 21.6. The van der Waals surface area contributed by atoms with E-state index in [9.17, 15) is 4.39 Å². The van der Waals surface area contributed by atoms with Crippen LogP contribution >= 0.6 is 0 Å². The molecule has 1 fully saturated rings. The summed E-state index contributed by atoms with van der Waals surface area (Å²) >= 11 is 0. The van der Waals surface area contributed by atoms with Gasteiger partial charge < -0.3 is 5.32 Å². The highest BCUT2D eigenvalue weighted by Crippen LogP contribution is 2.16. The Morgan fingerprint density at radius 2 is 2.00 bits per heavy atom. The van der Waals surface area contributed by atoms with Gasteiger partial charge in [0.15, 0.2) is 0 Å². The summed E-state index contributed by atoms with van der Waals surface area (Å²) in [6.45, 7) is 5.53. The lowest BCUT2D eigenvalue weighted by molar-refractivity contribution is 0.222. The molecule has 1 N–H and O–H groups in total. The van der Waals surface area contributed by atoms with Crippen LogP contribution in [0.2, 0.25) is 0 Å². The van der Waals surface area contributed by atoms with Gasteiger partial charge in [-0.3, -0.25) is 4.90 Å². The van der Waals surface area contributed by atoms with Gasteiger partial charge in [-0.15, -0.1) is 0 Å². The van der Waals surface area contributed by atoms with Gasteiger partial charge >= 0.3 is 0 Å². The Hall–Kier alpha value is -1.09. The van der Waals surface area contributed by atoms with Crippen LogP contribution in [-0.4, -0.2) is 30.6 Å². The molecule has 0 aliphatic carbocycles. The lowest BCUT2D eigenvalue weighted by Gasteiger charge is -2.27. The van der Waals surface area contributed by atoms with Crippen molar-refractivity contribution >= 4 is 5.69 Å². The molecular formula is C15H23FN2. The number of halogens is 1. The Morgan fingerprint density at radius 1 is 1.22 bits per heavy atom. The van der Waals surface area contributed by atoms with Gasteiger partial charge in [-0.2, -0.15) is 0 Å². The third kappa shape index (κ3) is 3.98. The highest BCUT2D eigenvalue weighted by Gasteiger charge is 2.15. The van der Waals surface area contributed by atoms with Crippen LogP contribution in [0.25, 0.3) is 0 Å². The fourth-order valence-electron chi connectivity index (χ4n) is 2.58. The van der Waals surface area contributed by atoms with Crippen LogP contribution in [-0.2, 0) is 0 Å². The molecule has 1 aliphatic heterocycles. The highest BCUT2D eigenvalue weighted by atomic mass is 19.1. The summed E-state index contributed by atoms with van der Waals surface area (Å²) in [5, 5.41) is 3.35. The Labute approximate surface area is 109 Å². The van der Waals surface area contributed by atoms with E-state index in [1.54, 1.807) is 12.1 Å². The van der Waals surface area contributed by atoms with Crippen molar-refractivity contribution in [1.29, 1.82) is 0 Å². The molecule has 1 heterocycles. The Kier molecular flexibility index (Phi) is 5.00. The first kappa shape index (κ1) is 13.3. The van der Waals surface area contributed by atoms with E-state index in [1.165, 1.54) is 44.4 Å². The van der Waals surface area contributed by atoms with Crippen LogP contribution in [0.1, 0.15) is 32.6 Å². The maximum absolute atomic E-state index is 12.8. The van der Waals surface area contributed by atoms with Crippen molar-refractivity contribution in [3.8, 4) is 0 Å². The van der Waals surface area contributed by atoms with E-state index in [0.717, 1.165) is 18.8 Å². The average molecular weight is 250 g/mol. The first-order chi connectivity index (χ1) is 8.75. The molecule has 1 unspecified atom stereocenters. The minimum absolute atomic E-state index is 0.179. The maximum atomic E-state index is 12.8. The van der Waals surface area contributed by atoms with E-state index >= 15 is 0 Å². The number of anilines is 1. The zero-order chi connectivity index (χ0) is 12.8. The Bertz CT molecular complexity index is 350. The number of hydrogen-bond acceptors (Lipinski definition) is 2. The summed E-state index contributed by atoms with van der Waals surface area (Å²) in [7, 11) is 0. The van der Waals surface area contributed by atoms with Crippen LogP contribution in [0.15, 0.2) is 24.3 Å². The molecule has 2 rings (SSSR count). The topological polar surface area (TPSA) is 15.3 Å². The quantitative estimate of drug-likeness (QED) is 0.879. The molecule has 0 amide bonds. The lowest BCUT2D eigenvalue weighted by Crippen LogP contribution is -2.36. The first-order valence-electron chi connectivity index (χ1n) is 6.99. The van der Waals surface area contributed by atoms with E-state index in [4.69, 9.17) is 0 Å². The van der Waals surface area contributed by atoms with Crippen molar-refractivity contribution < 1.29 is 4.39 Å².